The number of ether oxygens (including phenoxy) is 2. The van der Waals surface area contributed by atoms with Gasteiger partial charge in [-0.05, 0) is 24.5 Å². The predicted molar refractivity (Wildman–Crippen MR) is 116 cm³/mol. The van der Waals surface area contributed by atoms with Gasteiger partial charge in [-0.25, -0.2) is 14.2 Å². The largest absolute Gasteiger partial charge is 0.379 e. The van der Waals surface area contributed by atoms with Crippen molar-refractivity contribution in [3.63, 3.8) is 0 Å². The maximum Gasteiger partial charge on any atom is 0.167 e. The fraction of sp³-hybridized carbons (Fsp3) is 0.476. The highest BCUT2D eigenvalue weighted by Crippen LogP contribution is 2.32. The first kappa shape index (κ1) is 19.6. The summed E-state index contributed by atoms with van der Waals surface area (Å²) in [5.74, 6) is 1.77. The molecule has 0 amide bonds. The Bertz CT molecular complexity index is 1120. The van der Waals surface area contributed by atoms with E-state index in [0.717, 1.165) is 35.5 Å². The van der Waals surface area contributed by atoms with Gasteiger partial charge in [-0.15, -0.1) is 0 Å². The van der Waals surface area contributed by atoms with Crippen LogP contribution in [0.15, 0.2) is 28.9 Å². The second kappa shape index (κ2) is 7.72. The van der Waals surface area contributed by atoms with Gasteiger partial charge in [0.2, 0.25) is 0 Å². The summed E-state index contributed by atoms with van der Waals surface area (Å²) in [6.45, 7) is 5.08. The molecule has 5 rings (SSSR count). The number of fused-ring (bicyclic) bond motifs is 1. The van der Waals surface area contributed by atoms with E-state index in [2.05, 4.69) is 33.3 Å². The standard InChI is InChI=1S/C21H25N5O3S/c1-14-11-28-7-6-26(14)20-8-19(25-30(2,27)16-12-29-13-16)23-21(24-20)18-10-22-9-15-4-3-5-17(15)18/h3,5,8-10,14,16H,4,6-7,11-13H2,1-2H3/t14-,30-/m1/s1. The average molecular weight is 428 g/mol. The van der Waals surface area contributed by atoms with Crippen LogP contribution < -0.4 is 4.90 Å². The summed E-state index contributed by atoms with van der Waals surface area (Å²) in [7, 11) is -2.46. The number of morpholine rings is 1. The average Bonchev–Trinajstić information content (AvgIpc) is 3.14. The highest BCUT2D eigenvalue weighted by atomic mass is 32.2. The van der Waals surface area contributed by atoms with Crippen LogP contribution in [0.3, 0.4) is 0 Å². The van der Waals surface area contributed by atoms with Crippen molar-refractivity contribution in [3.05, 3.63) is 35.7 Å². The Hall–Kier alpha value is -2.36. The van der Waals surface area contributed by atoms with E-state index in [0.29, 0.717) is 38.1 Å². The Morgan fingerprint density at radius 3 is 2.83 bits per heavy atom. The van der Waals surface area contributed by atoms with Crippen LogP contribution in [0.4, 0.5) is 11.6 Å². The molecule has 0 spiro atoms. The van der Waals surface area contributed by atoms with Crippen molar-refractivity contribution in [3.8, 4) is 11.4 Å². The molecule has 2 aromatic heterocycles. The highest BCUT2D eigenvalue weighted by Gasteiger charge is 2.28. The summed E-state index contributed by atoms with van der Waals surface area (Å²) < 4.78 is 28.5. The Morgan fingerprint density at radius 1 is 1.20 bits per heavy atom. The Balaban J connectivity index is 1.64. The maximum absolute atomic E-state index is 13.2. The van der Waals surface area contributed by atoms with Gasteiger partial charge >= 0.3 is 0 Å². The van der Waals surface area contributed by atoms with Crippen molar-refractivity contribution in [1.82, 2.24) is 15.0 Å². The van der Waals surface area contributed by atoms with Gasteiger partial charge in [0.15, 0.2) is 11.6 Å². The summed E-state index contributed by atoms with van der Waals surface area (Å²) in [6, 6.07) is 2.01. The van der Waals surface area contributed by atoms with Gasteiger partial charge in [0.1, 0.15) is 5.82 Å². The van der Waals surface area contributed by atoms with E-state index in [1.54, 1.807) is 12.5 Å². The molecule has 0 aromatic carbocycles. The molecule has 0 bridgehead atoms. The molecule has 0 N–H and O–H groups in total. The number of anilines is 1. The van der Waals surface area contributed by atoms with E-state index >= 15 is 0 Å². The summed E-state index contributed by atoms with van der Waals surface area (Å²) in [5, 5.41) is -0.0627. The lowest BCUT2D eigenvalue weighted by Gasteiger charge is -2.34. The van der Waals surface area contributed by atoms with E-state index in [9.17, 15) is 4.21 Å². The van der Waals surface area contributed by atoms with Crippen LogP contribution in [0.5, 0.6) is 0 Å². The molecule has 9 heteroatoms. The molecule has 0 unspecified atom stereocenters. The van der Waals surface area contributed by atoms with E-state index in [-0.39, 0.29) is 11.3 Å². The van der Waals surface area contributed by atoms with Crippen LogP contribution in [0.2, 0.25) is 0 Å². The van der Waals surface area contributed by atoms with Crippen LogP contribution in [0.1, 0.15) is 18.1 Å². The lowest BCUT2D eigenvalue weighted by Crippen LogP contribution is -2.44. The molecular weight excluding hydrogens is 402 g/mol. The zero-order valence-electron chi connectivity index (χ0n) is 17.2. The van der Waals surface area contributed by atoms with Crippen molar-refractivity contribution in [2.45, 2.75) is 24.6 Å². The van der Waals surface area contributed by atoms with Crippen LogP contribution in [-0.2, 0) is 25.6 Å². The third-order valence-electron chi connectivity index (χ3n) is 5.80. The van der Waals surface area contributed by atoms with Gasteiger partial charge < -0.3 is 14.4 Å². The zero-order chi connectivity index (χ0) is 20.7. The van der Waals surface area contributed by atoms with Crippen LogP contribution in [0.25, 0.3) is 17.5 Å². The number of allylic oxidation sites excluding steroid dienone is 1. The molecule has 1 aliphatic carbocycles. The van der Waals surface area contributed by atoms with Crippen LogP contribution in [-0.4, -0.2) is 69.7 Å². The second-order valence-corrected chi connectivity index (χ2v) is 10.6. The molecule has 0 radical (unpaired) electrons. The molecule has 2 fully saturated rings. The lowest BCUT2D eigenvalue weighted by molar-refractivity contribution is 0.0431. The van der Waals surface area contributed by atoms with Gasteiger partial charge in [0, 0.05) is 36.8 Å². The number of pyridine rings is 1. The first-order valence-electron chi connectivity index (χ1n) is 10.2. The number of aromatic nitrogens is 3. The molecule has 0 saturated carbocycles. The summed E-state index contributed by atoms with van der Waals surface area (Å²) >= 11 is 0. The topological polar surface area (TPSA) is 89.8 Å². The molecule has 8 nitrogen and oxygen atoms in total. The first-order chi connectivity index (χ1) is 14.5. The monoisotopic (exact) mass is 427 g/mol. The summed E-state index contributed by atoms with van der Waals surface area (Å²) in [5.41, 5.74) is 3.12. The maximum atomic E-state index is 13.2. The molecule has 4 heterocycles. The molecular formula is C21H25N5O3S. The normalized spacial score (nSPS) is 23.0. The van der Waals surface area contributed by atoms with E-state index < -0.39 is 9.73 Å². The molecule has 2 aliphatic heterocycles. The molecule has 2 saturated heterocycles. The smallest absolute Gasteiger partial charge is 0.167 e. The molecule has 3 aliphatic rings. The minimum atomic E-state index is -2.46. The van der Waals surface area contributed by atoms with Crippen molar-refractivity contribution in [2.24, 2.45) is 4.36 Å². The SMILES string of the molecule is C[C@@H]1COCCN1c1cc(N=[S@](C)(=O)C2COC2)nc(-c2cncc3c2C=CC3)n1. The first-order valence-corrected chi connectivity index (χ1v) is 12.2. The van der Waals surface area contributed by atoms with Gasteiger partial charge in [-0.2, -0.15) is 4.36 Å². The molecule has 2 atom stereocenters. The Labute approximate surface area is 176 Å². The minimum Gasteiger partial charge on any atom is -0.379 e. The highest BCUT2D eigenvalue weighted by molar-refractivity contribution is 7.93. The van der Waals surface area contributed by atoms with Gasteiger partial charge in [-0.1, -0.05) is 12.2 Å². The van der Waals surface area contributed by atoms with Crippen molar-refractivity contribution < 1.29 is 13.7 Å². The fourth-order valence-electron chi connectivity index (χ4n) is 3.89. The number of nitrogens with zero attached hydrogens (tertiary/aromatic N) is 5. The Kier molecular flexibility index (Phi) is 5.04. The van der Waals surface area contributed by atoms with E-state index in [1.165, 1.54) is 0 Å². The predicted octanol–water partition coefficient (Wildman–Crippen LogP) is 2.46. The van der Waals surface area contributed by atoms with Gasteiger partial charge in [0.25, 0.3) is 0 Å². The minimum absolute atomic E-state index is 0.0627. The Morgan fingerprint density at radius 2 is 2.07 bits per heavy atom. The van der Waals surface area contributed by atoms with Crippen molar-refractivity contribution in [1.29, 1.82) is 0 Å². The number of rotatable bonds is 4. The van der Waals surface area contributed by atoms with Crippen LogP contribution >= 0.6 is 0 Å². The quantitative estimate of drug-likeness (QED) is 0.740. The zero-order valence-corrected chi connectivity index (χ0v) is 18.0. The third-order valence-corrected chi connectivity index (χ3v) is 7.85. The summed E-state index contributed by atoms with van der Waals surface area (Å²) in [4.78, 5) is 16.2. The van der Waals surface area contributed by atoms with Crippen molar-refractivity contribution >= 4 is 27.4 Å². The molecule has 30 heavy (non-hydrogen) atoms. The van der Waals surface area contributed by atoms with Crippen molar-refractivity contribution in [2.75, 3.05) is 44.1 Å². The summed E-state index contributed by atoms with van der Waals surface area (Å²) in [6.07, 6.45) is 10.4. The molecule has 2 aromatic rings. The fourth-order valence-corrected chi connectivity index (χ4v) is 5.20. The van der Waals surface area contributed by atoms with Gasteiger partial charge in [0.05, 0.1) is 47.4 Å². The van der Waals surface area contributed by atoms with E-state index in [1.807, 2.05) is 12.3 Å². The lowest BCUT2D eigenvalue weighted by atomic mass is 10.1. The number of hydrogen-bond donors (Lipinski definition) is 0. The number of hydrogen-bond acceptors (Lipinski definition) is 8. The van der Waals surface area contributed by atoms with E-state index in [4.69, 9.17) is 19.4 Å². The molecule has 158 valence electrons. The second-order valence-electron chi connectivity index (χ2n) is 8.00. The van der Waals surface area contributed by atoms with Crippen LogP contribution in [0, 0.1) is 0 Å². The van der Waals surface area contributed by atoms with Gasteiger partial charge in [-0.3, -0.25) is 4.98 Å². The third kappa shape index (κ3) is 3.61.